The van der Waals surface area contributed by atoms with Crippen molar-refractivity contribution in [2.24, 2.45) is 7.05 Å². The number of nitrogens with zero attached hydrogens (tertiary/aromatic N) is 2. The SMILES string of the molecule is COc1cccc(SCC(=O)NCc2cnc(SC)n2C)c1. The first-order valence-corrected chi connectivity index (χ1v) is 8.93. The molecule has 22 heavy (non-hydrogen) atoms. The largest absolute Gasteiger partial charge is 0.497 e. The third-order valence-corrected chi connectivity index (χ3v) is 4.84. The Hall–Kier alpha value is -1.60. The number of carbonyl (C=O) groups excluding carboxylic acids is 1. The van der Waals surface area contributed by atoms with Gasteiger partial charge < -0.3 is 14.6 Å². The van der Waals surface area contributed by atoms with Crippen molar-refractivity contribution in [3.63, 3.8) is 0 Å². The molecule has 0 radical (unpaired) electrons. The molecule has 5 nitrogen and oxygen atoms in total. The number of aromatic nitrogens is 2. The molecule has 1 N–H and O–H groups in total. The highest BCUT2D eigenvalue weighted by atomic mass is 32.2. The number of imidazole rings is 1. The number of hydrogen-bond acceptors (Lipinski definition) is 5. The van der Waals surface area contributed by atoms with Crippen LogP contribution in [0.4, 0.5) is 0 Å². The molecule has 0 aliphatic heterocycles. The summed E-state index contributed by atoms with van der Waals surface area (Å²) in [5, 5.41) is 3.85. The summed E-state index contributed by atoms with van der Waals surface area (Å²) in [5.74, 6) is 1.17. The van der Waals surface area contributed by atoms with Gasteiger partial charge in [-0.2, -0.15) is 0 Å². The molecule has 2 aromatic rings. The van der Waals surface area contributed by atoms with Crippen molar-refractivity contribution < 1.29 is 9.53 Å². The molecule has 1 heterocycles. The van der Waals surface area contributed by atoms with E-state index < -0.39 is 0 Å². The van der Waals surface area contributed by atoms with E-state index in [1.165, 1.54) is 11.8 Å². The molecular weight excluding hydrogens is 318 g/mol. The first-order valence-electron chi connectivity index (χ1n) is 6.72. The van der Waals surface area contributed by atoms with Gasteiger partial charge in [-0.1, -0.05) is 17.8 Å². The summed E-state index contributed by atoms with van der Waals surface area (Å²) < 4.78 is 7.15. The summed E-state index contributed by atoms with van der Waals surface area (Å²) in [4.78, 5) is 17.2. The molecule has 0 aliphatic rings. The fourth-order valence-electron chi connectivity index (χ4n) is 1.86. The van der Waals surface area contributed by atoms with E-state index in [-0.39, 0.29) is 5.91 Å². The zero-order chi connectivity index (χ0) is 15.9. The molecule has 7 heteroatoms. The second-order valence-electron chi connectivity index (χ2n) is 4.54. The number of benzene rings is 1. The van der Waals surface area contributed by atoms with Crippen LogP contribution in [0.3, 0.4) is 0 Å². The second-order valence-corrected chi connectivity index (χ2v) is 6.36. The Kier molecular flexibility index (Phi) is 6.21. The predicted molar refractivity (Wildman–Crippen MR) is 90.6 cm³/mol. The molecule has 0 unspecified atom stereocenters. The molecular formula is C15H19N3O2S2. The fraction of sp³-hybridized carbons (Fsp3) is 0.333. The molecule has 0 saturated heterocycles. The van der Waals surface area contributed by atoms with E-state index in [1.54, 1.807) is 25.1 Å². The first-order chi connectivity index (χ1) is 10.6. The normalized spacial score (nSPS) is 10.5. The van der Waals surface area contributed by atoms with Gasteiger partial charge in [0.2, 0.25) is 5.91 Å². The standard InChI is InChI=1S/C15H19N3O2S2/c1-18-11(9-17-15(18)21-3)8-16-14(19)10-22-13-6-4-5-12(7-13)20-2/h4-7,9H,8,10H2,1-3H3,(H,16,19). The van der Waals surface area contributed by atoms with Gasteiger partial charge in [-0.25, -0.2) is 4.98 Å². The van der Waals surface area contributed by atoms with Gasteiger partial charge in [0.15, 0.2) is 5.16 Å². The van der Waals surface area contributed by atoms with Crippen LogP contribution in [0.25, 0.3) is 0 Å². The average Bonchev–Trinajstić information content (AvgIpc) is 2.91. The summed E-state index contributed by atoms with van der Waals surface area (Å²) in [7, 11) is 3.58. The zero-order valence-corrected chi connectivity index (χ0v) is 14.5. The Labute approximate surface area is 138 Å². The van der Waals surface area contributed by atoms with Gasteiger partial charge in [-0.05, 0) is 24.5 Å². The summed E-state index contributed by atoms with van der Waals surface area (Å²) in [5.41, 5.74) is 0.990. The van der Waals surface area contributed by atoms with E-state index in [0.29, 0.717) is 12.3 Å². The topological polar surface area (TPSA) is 56.1 Å². The lowest BCUT2D eigenvalue weighted by Crippen LogP contribution is -2.25. The van der Waals surface area contributed by atoms with E-state index in [0.717, 1.165) is 21.5 Å². The van der Waals surface area contributed by atoms with Gasteiger partial charge in [0.25, 0.3) is 0 Å². The molecule has 1 aromatic carbocycles. The Morgan fingerprint density at radius 1 is 1.45 bits per heavy atom. The van der Waals surface area contributed by atoms with Crippen molar-refractivity contribution in [1.82, 2.24) is 14.9 Å². The molecule has 0 fully saturated rings. The summed E-state index contributed by atoms with van der Waals surface area (Å²) in [6.45, 7) is 0.488. The van der Waals surface area contributed by atoms with Crippen LogP contribution in [0.15, 0.2) is 40.5 Å². The third kappa shape index (κ3) is 4.45. The van der Waals surface area contributed by atoms with E-state index in [2.05, 4.69) is 10.3 Å². The number of thioether (sulfide) groups is 2. The van der Waals surface area contributed by atoms with E-state index in [4.69, 9.17) is 4.74 Å². The Morgan fingerprint density at radius 3 is 2.95 bits per heavy atom. The van der Waals surface area contributed by atoms with Crippen molar-refractivity contribution in [3.8, 4) is 5.75 Å². The van der Waals surface area contributed by atoms with Crippen molar-refractivity contribution in [2.45, 2.75) is 16.6 Å². The lowest BCUT2D eigenvalue weighted by atomic mass is 10.3. The minimum Gasteiger partial charge on any atom is -0.497 e. The number of rotatable bonds is 7. The van der Waals surface area contributed by atoms with E-state index >= 15 is 0 Å². The van der Waals surface area contributed by atoms with Gasteiger partial charge in [0.05, 0.1) is 31.3 Å². The average molecular weight is 337 g/mol. The smallest absolute Gasteiger partial charge is 0.230 e. The van der Waals surface area contributed by atoms with E-state index in [1.807, 2.05) is 42.1 Å². The lowest BCUT2D eigenvalue weighted by molar-refractivity contribution is -0.118. The molecule has 0 saturated carbocycles. The molecule has 0 aliphatic carbocycles. The van der Waals surface area contributed by atoms with Crippen LogP contribution >= 0.6 is 23.5 Å². The van der Waals surface area contributed by atoms with Crippen molar-refractivity contribution >= 4 is 29.4 Å². The third-order valence-electron chi connectivity index (χ3n) is 3.10. The predicted octanol–water partition coefficient (Wildman–Crippen LogP) is 2.56. The highest BCUT2D eigenvalue weighted by Crippen LogP contribution is 2.22. The van der Waals surface area contributed by atoms with Crippen LogP contribution in [0.1, 0.15) is 5.69 Å². The van der Waals surface area contributed by atoms with Gasteiger partial charge >= 0.3 is 0 Å². The van der Waals surface area contributed by atoms with Gasteiger partial charge in [0.1, 0.15) is 5.75 Å². The summed E-state index contributed by atoms with van der Waals surface area (Å²) >= 11 is 3.07. The highest BCUT2D eigenvalue weighted by molar-refractivity contribution is 8.00. The number of carbonyl (C=O) groups is 1. The molecule has 1 amide bonds. The maximum absolute atomic E-state index is 11.9. The van der Waals surface area contributed by atoms with Crippen molar-refractivity contribution in [3.05, 3.63) is 36.2 Å². The van der Waals surface area contributed by atoms with Crippen LogP contribution in [0.5, 0.6) is 5.75 Å². The first kappa shape index (κ1) is 16.8. The van der Waals surface area contributed by atoms with Crippen LogP contribution in [0.2, 0.25) is 0 Å². The summed E-state index contributed by atoms with van der Waals surface area (Å²) in [6, 6.07) is 7.69. The summed E-state index contributed by atoms with van der Waals surface area (Å²) in [6.07, 6.45) is 3.77. The van der Waals surface area contributed by atoms with Crippen LogP contribution in [0, 0.1) is 0 Å². The van der Waals surface area contributed by atoms with Crippen molar-refractivity contribution in [2.75, 3.05) is 19.1 Å². The number of amides is 1. The quantitative estimate of drug-likeness (QED) is 0.787. The Bertz CT molecular complexity index is 643. The van der Waals surface area contributed by atoms with E-state index in [9.17, 15) is 4.79 Å². The lowest BCUT2D eigenvalue weighted by Gasteiger charge is -2.07. The van der Waals surface area contributed by atoms with Crippen LogP contribution < -0.4 is 10.1 Å². The monoisotopic (exact) mass is 337 g/mol. The maximum Gasteiger partial charge on any atom is 0.230 e. The molecule has 118 valence electrons. The molecule has 0 spiro atoms. The van der Waals surface area contributed by atoms with Crippen molar-refractivity contribution in [1.29, 1.82) is 0 Å². The van der Waals surface area contributed by atoms with Crippen LogP contribution in [-0.4, -0.2) is 34.6 Å². The number of methoxy groups -OCH3 is 1. The Morgan fingerprint density at radius 2 is 2.27 bits per heavy atom. The van der Waals surface area contributed by atoms with Gasteiger partial charge in [-0.3, -0.25) is 4.79 Å². The zero-order valence-electron chi connectivity index (χ0n) is 12.8. The highest BCUT2D eigenvalue weighted by Gasteiger charge is 2.08. The Balaban J connectivity index is 1.81. The van der Waals surface area contributed by atoms with Gasteiger partial charge in [0, 0.05) is 11.9 Å². The minimum atomic E-state index is -0.000258. The number of ether oxygens (including phenoxy) is 1. The van der Waals surface area contributed by atoms with Gasteiger partial charge in [-0.15, -0.1) is 11.8 Å². The molecule has 0 bridgehead atoms. The van der Waals surface area contributed by atoms with Crippen LogP contribution in [-0.2, 0) is 18.4 Å². The second kappa shape index (κ2) is 8.14. The molecule has 1 aromatic heterocycles. The minimum absolute atomic E-state index is 0.000258. The maximum atomic E-state index is 11.9. The number of nitrogens with one attached hydrogen (secondary N) is 1. The molecule has 0 atom stereocenters. The number of hydrogen-bond donors (Lipinski definition) is 1. The fourth-order valence-corrected chi connectivity index (χ4v) is 3.18. The molecule has 2 rings (SSSR count).